The van der Waals surface area contributed by atoms with Crippen molar-refractivity contribution >= 4 is 22.8 Å². The van der Waals surface area contributed by atoms with Crippen molar-refractivity contribution in [3.63, 3.8) is 0 Å². The fourth-order valence-electron chi connectivity index (χ4n) is 3.52. The Bertz CT molecular complexity index is 927. The SMILES string of the molecule is CCOC(=O)N1CCN(C(=O)c2cn(CC(C)C)c(=O)c3ccccc23)CC1. The Labute approximate surface area is 164 Å². The second kappa shape index (κ2) is 8.46. The summed E-state index contributed by atoms with van der Waals surface area (Å²) in [4.78, 5) is 41.2. The van der Waals surface area contributed by atoms with Gasteiger partial charge in [-0.25, -0.2) is 4.79 Å². The van der Waals surface area contributed by atoms with E-state index in [0.717, 1.165) is 0 Å². The molecule has 0 aliphatic carbocycles. The van der Waals surface area contributed by atoms with E-state index in [4.69, 9.17) is 4.74 Å². The van der Waals surface area contributed by atoms with Gasteiger partial charge in [-0.1, -0.05) is 32.0 Å². The van der Waals surface area contributed by atoms with Gasteiger partial charge in [0.2, 0.25) is 0 Å². The van der Waals surface area contributed by atoms with Crippen LogP contribution >= 0.6 is 0 Å². The molecule has 1 aliphatic rings. The number of fused-ring (bicyclic) bond motifs is 1. The van der Waals surface area contributed by atoms with Crippen LogP contribution in [0.2, 0.25) is 0 Å². The maximum atomic E-state index is 13.2. The van der Waals surface area contributed by atoms with Crippen LogP contribution in [0.1, 0.15) is 31.1 Å². The van der Waals surface area contributed by atoms with Gasteiger partial charge >= 0.3 is 6.09 Å². The van der Waals surface area contributed by atoms with E-state index in [1.807, 2.05) is 32.0 Å². The van der Waals surface area contributed by atoms with Crippen LogP contribution in [0.4, 0.5) is 4.79 Å². The van der Waals surface area contributed by atoms with Crippen molar-refractivity contribution in [1.29, 1.82) is 0 Å². The predicted octanol–water partition coefficient (Wildman–Crippen LogP) is 2.57. The van der Waals surface area contributed by atoms with E-state index in [0.29, 0.717) is 55.7 Å². The lowest BCUT2D eigenvalue weighted by atomic mass is 10.1. The number of pyridine rings is 1. The molecule has 1 aliphatic heterocycles. The average molecular weight is 385 g/mol. The van der Waals surface area contributed by atoms with E-state index in [2.05, 4.69) is 0 Å². The molecule has 2 heterocycles. The highest BCUT2D eigenvalue weighted by Crippen LogP contribution is 2.19. The molecule has 0 atom stereocenters. The first kappa shape index (κ1) is 19.9. The highest BCUT2D eigenvalue weighted by atomic mass is 16.6. The van der Waals surface area contributed by atoms with E-state index in [9.17, 15) is 14.4 Å². The third kappa shape index (κ3) is 4.03. The molecule has 0 bridgehead atoms. The van der Waals surface area contributed by atoms with Gasteiger partial charge in [-0.2, -0.15) is 0 Å². The topological polar surface area (TPSA) is 71.8 Å². The van der Waals surface area contributed by atoms with Crippen molar-refractivity contribution in [3.8, 4) is 0 Å². The Morgan fingerprint density at radius 3 is 2.25 bits per heavy atom. The number of amides is 2. The number of piperazine rings is 1. The zero-order chi connectivity index (χ0) is 20.3. The summed E-state index contributed by atoms with van der Waals surface area (Å²) >= 11 is 0. The Morgan fingerprint density at radius 1 is 1.04 bits per heavy atom. The van der Waals surface area contributed by atoms with E-state index in [1.54, 1.807) is 33.6 Å². The number of rotatable bonds is 4. The summed E-state index contributed by atoms with van der Waals surface area (Å²) in [5.41, 5.74) is 0.452. The maximum Gasteiger partial charge on any atom is 0.409 e. The van der Waals surface area contributed by atoms with Crippen molar-refractivity contribution in [1.82, 2.24) is 14.4 Å². The molecule has 1 fully saturated rings. The molecule has 28 heavy (non-hydrogen) atoms. The molecule has 2 amide bonds. The number of hydrogen-bond acceptors (Lipinski definition) is 4. The minimum absolute atomic E-state index is 0.0759. The van der Waals surface area contributed by atoms with Crippen molar-refractivity contribution in [2.45, 2.75) is 27.3 Å². The predicted molar refractivity (Wildman–Crippen MR) is 108 cm³/mol. The summed E-state index contributed by atoms with van der Waals surface area (Å²) in [5.74, 6) is 0.173. The molecule has 7 nitrogen and oxygen atoms in total. The van der Waals surface area contributed by atoms with Crippen LogP contribution < -0.4 is 5.56 Å². The van der Waals surface area contributed by atoms with Gasteiger partial charge < -0.3 is 19.1 Å². The van der Waals surface area contributed by atoms with Gasteiger partial charge in [-0.15, -0.1) is 0 Å². The summed E-state index contributed by atoms with van der Waals surface area (Å²) in [6.45, 7) is 8.50. The van der Waals surface area contributed by atoms with Crippen LogP contribution in [0, 0.1) is 5.92 Å². The first-order chi connectivity index (χ1) is 13.4. The molecule has 2 aromatic rings. The number of carbonyl (C=O) groups excluding carboxylic acids is 2. The zero-order valence-electron chi connectivity index (χ0n) is 16.7. The largest absolute Gasteiger partial charge is 0.450 e. The number of benzene rings is 1. The molecular formula is C21H27N3O4. The Balaban J connectivity index is 1.89. The van der Waals surface area contributed by atoms with Crippen LogP contribution in [0.25, 0.3) is 10.8 Å². The van der Waals surface area contributed by atoms with Gasteiger partial charge in [0, 0.05) is 49.7 Å². The number of hydrogen-bond donors (Lipinski definition) is 0. The Kier molecular flexibility index (Phi) is 6.02. The quantitative estimate of drug-likeness (QED) is 0.811. The fraction of sp³-hybridized carbons (Fsp3) is 0.476. The molecular weight excluding hydrogens is 358 g/mol. The van der Waals surface area contributed by atoms with Crippen LogP contribution in [0.3, 0.4) is 0 Å². The minimum Gasteiger partial charge on any atom is -0.450 e. The Hall–Kier alpha value is -2.83. The van der Waals surface area contributed by atoms with Crippen molar-refractivity contribution in [2.75, 3.05) is 32.8 Å². The highest BCUT2D eigenvalue weighted by molar-refractivity contribution is 6.06. The summed E-state index contributed by atoms with van der Waals surface area (Å²) in [6, 6.07) is 7.24. The van der Waals surface area contributed by atoms with Crippen LogP contribution in [0.15, 0.2) is 35.3 Å². The van der Waals surface area contributed by atoms with E-state index >= 15 is 0 Å². The Morgan fingerprint density at radius 2 is 1.64 bits per heavy atom. The fourth-order valence-corrected chi connectivity index (χ4v) is 3.52. The van der Waals surface area contributed by atoms with Crippen molar-refractivity contribution in [3.05, 3.63) is 46.4 Å². The number of aromatic nitrogens is 1. The summed E-state index contributed by atoms with van der Waals surface area (Å²) in [6.07, 6.45) is 1.34. The summed E-state index contributed by atoms with van der Waals surface area (Å²) in [7, 11) is 0. The second-order valence-electron chi connectivity index (χ2n) is 7.42. The van der Waals surface area contributed by atoms with Gasteiger partial charge in [0.05, 0.1) is 12.2 Å². The molecule has 1 aromatic carbocycles. The second-order valence-corrected chi connectivity index (χ2v) is 7.42. The third-order valence-corrected chi connectivity index (χ3v) is 4.88. The van der Waals surface area contributed by atoms with Crippen LogP contribution in [-0.4, -0.2) is 59.2 Å². The van der Waals surface area contributed by atoms with E-state index in [1.165, 1.54) is 0 Å². The first-order valence-corrected chi connectivity index (χ1v) is 9.75. The van der Waals surface area contributed by atoms with Crippen LogP contribution in [0.5, 0.6) is 0 Å². The van der Waals surface area contributed by atoms with Gasteiger partial charge in [-0.3, -0.25) is 9.59 Å². The van der Waals surface area contributed by atoms with Gasteiger partial charge in [0.15, 0.2) is 0 Å². The molecule has 0 saturated carbocycles. The molecule has 3 rings (SSSR count). The average Bonchev–Trinajstić information content (AvgIpc) is 2.69. The number of carbonyl (C=O) groups is 2. The lowest BCUT2D eigenvalue weighted by Crippen LogP contribution is -2.50. The summed E-state index contributed by atoms with van der Waals surface area (Å²) in [5, 5.41) is 1.23. The molecule has 150 valence electrons. The monoisotopic (exact) mass is 385 g/mol. The lowest BCUT2D eigenvalue weighted by molar-refractivity contribution is 0.0571. The number of nitrogens with zero attached hydrogens (tertiary/aromatic N) is 3. The van der Waals surface area contributed by atoms with Crippen LogP contribution in [-0.2, 0) is 11.3 Å². The molecule has 0 spiro atoms. The van der Waals surface area contributed by atoms with Gasteiger partial charge in [0.1, 0.15) is 0 Å². The smallest absolute Gasteiger partial charge is 0.409 e. The molecule has 1 saturated heterocycles. The maximum absolute atomic E-state index is 13.2. The first-order valence-electron chi connectivity index (χ1n) is 9.75. The zero-order valence-corrected chi connectivity index (χ0v) is 16.7. The minimum atomic E-state index is -0.342. The molecule has 7 heteroatoms. The summed E-state index contributed by atoms with van der Waals surface area (Å²) < 4.78 is 6.66. The van der Waals surface area contributed by atoms with Crippen molar-refractivity contribution < 1.29 is 14.3 Å². The van der Waals surface area contributed by atoms with Gasteiger partial charge in [0.25, 0.3) is 11.5 Å². The molecule has 0 unspecified atom stereocenters. The molecule has 0 radical (unpaired) electrons. The standard InChI is InChI=1S/C21H27N3O4/c1-4-28-21(27)23-11-9-22(10-12-23)20(26)18-14-24(13-15(2)3)19(25)17-8-6-5-7-16(17)18/h5-8,14-15H,4,9-13H2,1-3H3. The lowest BCUT2D eigenvalue weighted by Gasteiger charge is -2.34. The van der Waals surface area contributed by atoms with E-state index in [-0.39, 0.29) is 23.5 Å². The highest BCUT2D eigenvalue weighted by Gasteiger charge is 2.27. The van der Waals surface area contributed by atoms with Crippen molar-refractivity contribution in [2.24, 2.45) is 5.92 Å². The van der Waals surface area contributed by atoms with E-state index < -0.39 is 0 Å². The number of ether oxygens (including phenoxy) is 1. The normalized spacial score (nSPS) is 14.6. The van der Waals surface area contributed by atoms with Gasteiger partial charge in [-0.05, 0) is 18.9 Å². The molecule has 1 aromatic heterocycles. The molecule has 0 N–H and O–H groups in total. The third-order valence-electron chi connectivity index (χ3n) is 4.88.